The Hall–Kier alpha value is -0.920. The minimum absolute atomic E-state index is 0.185. The molecule has 0 nitrogen and oxygen atoms in total. The minimum atomic E-state index is -4.76. The first-order chi connectivity index (χ1) is 19.3. The molecule has 2 aromatic carbocycles. The van der Waals surface area contributed by atoms with Crippen molar-refractivity contribution in [2.24, 2.45) is 11.8 Å². The van der Waals surface area contributed by atoms with E-state index in [4.69, 9.17) is 17.0 Å². The number of rotatable bonds is 7. The third-order valence-electron chi connectivity index (χ3n) is 11.1. The van der Waals surface area contributed by atoms with Crippen molar-refractivity contribution in [3.8, 4) is 0 Å². The molecule has 0 spiro atoms. The average Bonchev–Trinajstić information content (AvgIpc) is 3.59. The fourth-order valence-corrected chi connectivity index (χ4v) is 39.9. The quantitative estimate of drug-likeness (QED) is 0.258. The molecule has 2 aromatic rings. The standard InChI is InChI=1S/2C17H19.C2H7Si.2ClH.Zr/c2*1-2-13-9-6-10-15-11-16(12-17(13)15)14-7-4-3-5-8-14;1-3-2;;;/h2*2,6,9-12,14H,1,3-5,7-8H2;3H,1-2H3;2*1H;/q;;;;;+2/p-2. The van der Waals surface area contributed by atoms with Crippen LogP contribution in [0.4, 0.5) is 0 Å². The van der Waals surface area contributed by atoms with E-state index in [9.17, 15) is 0 Å². The second kappa shape index (κ2) is 11.3. The molecule has 4 aliphatic rings. The summed E-state index contributed by atoms with van der Waals surface area (Å²) in [6.45, 7) is 13.4. The molecule has 0 heterocycles. The third-order valence-corrected chi connectivity index (χ3v) is 62.7. The van der Waals surface area contributed by atoms with Crippen molar-refractivity contribution < 1.29 is 15.6 Å². The van der Waals surface area contributed by atoms with Crippen LogP contribution in [0.25, 0.3) is 24.3 Å². The fourth-order valence-electron chi connectivity index (χ4n) is 8.90. The molecule has 211 valence electrons. The number of fused-ring (bicyclic) bond motifs is 2. The Morgan fingerprint density at radius 3 is 1.43 bits per heavy atom. The first-order valence-corrected chi connectivity index (χ1v) is 32.1. The van der Waals surface area contributed by atoms with Gasteiger partial charge in [0.2, 0.25) is 0 Å². The molecule has 0 aromatic heterocycles. The number of hydrogen-bond donors (Lipinski definition) is 0. The van der Waals surface area contributed by atoms with Crippen molar-refractivity contribution in [1.29, 1.82) is 0 Å². The van der Waals surface area contributed by atoms with Gasteiger partial charge in [-0.25, -0.2) is 0 Å². The predicted octanol–water partition coefficient (Wildman–Crippen LogP) is 11.7. The van der Waals surface area contributed by atoms with E-state index in [1.165, 1.54) is 97.6 Å². The molecule has 2 saturated carbocycles. The normalized spacial score (nSPS) is 24.6. The van der Waals surface area contributed by atoms with Gasteiger partial charge in [-0.1, -0.05) is 0 Å². The Morgan fingerprint density at radius 2 is 1.07 bits per heavy atom. The van der Waals surface area contributed by atoms with Gasteiger partial charge in [-0.2, -0.15) is 0 Å². The molecular formula is C36H45Cl2SiZr. The Bertz CT molecular complexity index is 1290. The molecule has 0 bridgehead atoms. The van der Waals surface area contributed by atoms with E-state index in [0.29, 0.717) is 11.8 Å². The summed E-state index contributed by atoms with van der Waals surface area (Å²) in [4.78, 5) is 0. The maximum atomic E-state index is 8.72. The molecule has 0 radical (unpaired) electrons. The summed E-state index contributed by atoms with van der Waals surface area (Å²) in [6.07, 6.45) is 22.2. The molecular weight excluding hydrogens is 623 g/mol. The molecule has 6 rings (SSSR count). The summed E-state index contributed by atoms with van der Waals surface area (Å²) >= 11 is -4.76. The van der Waals surface area contributed by atoms with Crippen LogP contribution in [0, 0.1) is 11.8 Å². The number of benzene rings is 2. The summed E-state index contributed by atoms with van der Waals surface area (Å²) in [7, 11) is 17.4. The Labute approximate surface area is 251 Å². The molecule has 0 N–H and O–H groups in total. The van der Waals surface area contributed by atoms with Gasteiger partial charge >= 0.3 is 253 Å². The zero-order valence-corrected chi connectivity index (χ0v) is 29.5. The van der Waals surface area contributed by atoms with Crippen molar-refractivity contribution in [2.75, 3.05) is 0 Å². The van der Waals surface area contributed by atoms with Crippen LogP contribution in [-0.2, 0) is 15.6 Å². The summed E-state index contributed by atoms with van der Waals surface area (Å²) < 4.78 is 0.370. The molecule has 2 fully saturated rings. The zero-order chi connectivity index (χ0) is 28.1. The van der Waals surface area contributed by atoms with Crippen LogP contribution in [0.1, 0.15) is 105 Å². The van der Waals surface area contributed by atoms with Gasteiger partial charge in [-0.3, -0.25) is 0 Å². The van der Waals surface area contributed by atoms with E-state index in [0.717, 1.165) is 0 Å². The summed E-state index contributed by atoms with van der Waals surface area (Å²) in [5.41, 5.74) is 11.1. The number of allylic oxidation sites excluding steroid dienone is 2. The van der Waals surface area contributed by atoms with E-state index in [1.54, 1.807) is 11.1 Å². The van der Waals surface area contributed by atoms with E-state index in [2.05, 4.69) is 74.8 Å². The summed E-state index contributed by atoms with van der Waals surface area (Å²) in [6, 6.07) is 13.6. The molecule has 2 atom stereocenters. The molecule has 0 saturated heterocycles. The van der Waals surface area contributed by atoms with Crippen molar-refractivity contribution in [2.45, 2.75) is 84.6 Å². The van der Waals surface area contributed by atoms with Crippen LogP contribution in [0.2, 0.25) is 13.1 Å². The van der Waals surface area contributed by atoms with Gasteiger partial charge in [-0.15, -0.1) is 0 Å². The summed E-state index contributed by atoms with van der Waals surface area (Å²) in [5.74, 6) is -0.392. The predicted molar refractivity (Wildman–Crippen MR) is 178 cm³/mol. The van der Waals surface area contributed by atoms with E-state index in [1.807, 2.05) is 12.2 Å². The number of halogens is 2. The van der Waals surface area contributed by atoms with Crippen molar-refractivity contribution >= 4 is 47.3 Å². The Morgan fingerprint density at radius 1 is 0.675 bits per heavy atom. The van der Waals surface area contributed by atoms with Crippen LogP contribution < -0.4 is 0 Å². The summed E-state index contributed by atoms with van der Waals surface area (Å²) in [5, 5.41) is 0. The van der Waals surface area contributed by atoms with E-state index in [-0.39, 0.29) is 7.25 Å². The van der Waals surface area contributed by atoms with Crippen LogP contribution in [-0.4, -0.2) is 5.92 Å². The van der Waals surface area contributed by atoms with Gasteiger partial charge in [0.1, 0.15) is 0 Å². The molecule has 0 amide bonds. The van der Waals surface area contributed by atoms with Gasteiger partial charge in [0.15, 0.2) is 0 Å². The van der Waals surface area contributed by atoms with E-state index < -0.39 is 21.5 Å². The Kier molecular flexibility index (Phi) is 8.24. The van der Waals surface area contributed by atoms with Gasteiger partial charge < -0.3 is 0 Å². The van der Waals surface area contributed by atoms with Gasteiger partial charge in [0.05, 0.1) is 0 Å². The third kappa shape index (κ3) is 4.54. The zero-order valence-electron chi connectivity index (χ0n) is 24.4. The number of hydrogen-bond acceptors (Lipinski definition) is 0. The molecule has 0 aliphatic heterocycles. The van der Waals surface area contributed by atoms with Crippen LogP contribution in [0.5, 0.6) is 0 Å². The van der Waals surface area contributed by atoms with Gasteiger partial charge in [0, 0.05) is 0 Å². The first kappa shape index (κ1) is 29.2. The van der Waals surface area contributed by atoms with Crippen molar-refractivity contribution in [1.82, 2.24) is 0 Å². The SMILES string of the molecule is C=Cc1cccc2c1C=C(C1CCCCC1)[CH]2[Zr]([Cl])([Cl])([CH]1C(C2CCCCC2)=Cc2c(C=C)cccc21)[SiH](C)C. The Balaban J connectivity index is 1.61. The van der Waals surface area contributed by atoms with Crippen LogP contribution in [0.3, 0.4) is 0 Å². The van der Waals surface area contributed by atoms with Crippen LogP contribution in [0.15, 0.2) is 60.7 Å². The topological polar surface area (TPSA) is 0 Å². The van der Waals surface area contributed by atoms with E-state index >= 15 is 0 Å². The fraction of sp³-hybridized carbons (Fsp3) is 0.444. The monoisotopic (exact) mass is 665 g/mol. The molecule has 2 unspecified atom stereocenters. The molecule has 40 heavy (non-hydrogen) atoms. The van der Waals surface area contributed by atoms with Crippen LogP contribution >= 0.6 is 17.0 Å². The van der Waals surface area contributed by atoms with Crippen molar-refractivity contribution in [3.05, 3.63) is 94.1 Å². The second-order valence-corrected chi connectivity index (χ2v) is 55.8. The van der Waals surface area contributed by atoms with Crippen molar-refractivity contribution in [3.63, 3.8) is 0 Å². The van der Waals surface area contributed by atoms with Gasteiger partial charge in [0.25, 0.3) is 0 Å². The first-order valence-electron chi connectivity index (χ1n) is 15.8. The second-order valence-electron chi connectivity index (χ2n) is 13.3. The molecule has 4 aliphatic carbocycles. The molecule has 4 heteroatoms. The maximum absolute atomic E-state index is 8.72. The average molecular weight is 668 g/mol. The van der Waals surface area contributed by atoms with Gasteiger partial charge in [-0.05, 0) is 0 Å².